The molecule has 0 fully saturated rings. The van der Waals surface area contributed by atoms with E-state index in [1.54, 1.807) is 33.1 Å². The molecule has 0 radical (unpaired) electrons. The highest BCUT2D eigenvalue weighted by Crippen LogP contribution is 2.22. The molecule has 0 aromatic rings. The summed E-state index contributed by atoms with van der Waals surface area (Å²) in [4.78, 5) is -0.318. The highest BCUT2D eigenvalue weighted by Gasteiger charge is 2.33. The fourth-order valence-corrected chi connectivity index (χ4v) is 1.81. The van der Waals surface area contributed by atoms with Crippen LogP contribution in [0.4, 0.5) is 0 Å². The zero-order valence-electron chi connectivity index (χ0n) is 11.8. The summed E-state index contributed by atoms with van der Waals surface area (Å²) >= 11 is 0. The molecule has 0 spiro atoms. The number of hydrogen-bond donors (Lipinski definition) is 1. The van der Waals surface area contributed by atoms with Crippen molar-refractivity contribution in [3.8, 4) is 6.07 Å². The second kappa shape index (κ2) is 5.53. The monoisotopic (exact) mass is 271 g/mol. The van der Waals surface area contributed by atoms with Crippen molar-refractivity contribution in [2.24, 2.45) is 10.5 Å². The highest BCUT2D eigenvalue weighted by molar-refractivity contribution is 7.96. The largest absolute Gasteiger partial charge is 0.284 e. The Labute approximate surface area is 109 Å². The van der Waals surface area contributed by atoms with Gasteiger partial charge in [-0.15, -0.1) is 0 Å². The first-order chi connectivity index (χ1) is 7.92. The van der Waals surface area contributed by atoms with Crippen LogP contribution < -0.4 is 5.43 Å². The molecule has 102 valence electrons. The van der Waals surface area contributed by atoms with Gasteiger partial charge < -0.3 is 0 Å². The van der Waals surface area contributed by atoms with Gasteiger partial charge in [0.25, 0.3) is 0 Å². The van der Waals surface area contributed by atoms with Crippen molar-refractivity contribution in [2.45, 2.75) is 46.3 Å². The van der Waals surface area contributed by atoms with E-state index in [-0.39, 0.29) is 10.3 Å². The number of hydrazone groups is 1. The number of nitrogens with zero attached hydrogens (tertiary/aromatic N) is 2. The van der Waals surface area contributed by atoms with Gasteiger partial charge in [-0.3, -0.25) is 5.43 Å². The fourth-order valence-electron chi connectivity index (χ4n) is 0.827. The van der Waals surface area contributed by atoms with E-state index in [0.29, 0.717) is 0 Å². The van der Waals surface area contributed by atoms with Crippen molar-refractivity contribution in [1.82, 2.24) is 5.43 Å². The smallest absolute Gasteiger partial charge is 0.194 e. The van der Waals surface area contributed by atoms with Crippen LogP contribution in [-0.4, -0.2) is 19.4 Å². The molecule has 18 heavy (non-hydrogen) atoms. The Kier molecular flexibility index (Phi) is 5.11. The summed E-state index contributed by atoms with van der Waals surface area (Å²) in [6, 6.07) is 1.68. The second-order valence-electron chi connectivity index (χ2n) is 5.99. The Balaban J connectivity index is 5.06. The summed E-state index contributed by atoms with van der Waals surface area (Å²) in [5.74, 6) is 0. The molecule has 5 nitrogen and oxygen atoms in total. The molecule has 6 heteroatoms. The molecule has 0 bridgehead atoms. The van der Waals surface area contributed by atoms with E-state index in [4.69, 9.17) is 5.26 Å². The molecular weight excluding hydrogens is 250 g/mol. The number of sulfone groups is 1. The predicted octanol–water partition coefficient (Wildman–Crippen LogP) is 2.19. The number of nitriles is 1. The molecule has 0 rings (SSSR count). The lowest BCUT2D eigenvalue weighted by Gasteiger charge is -2.17. The van der Waals surface area contributed by atoms with Gasteiger partial charge in [-0.25, -0.2) is 8.42 Å². The molecule has 0 aliphatic rings. The molecule has 0 aromatic heterocycles. The number of allylic oxidation sites excluding steroid dienone is 1. The first kappa shape index (κ1) is 16.6. The van der Waals surface area contributed by atoms with E-state index in [1.165, 1.54) is 0 Å². The van der Waals surface area contributed by atoms with Gasteiger partial charge in [0, 0.05) is 12.4 Å². The standard InChI is InChI=1S/C12H21N3O2S/c1-11(2,3)9-15-14-8-10(7-13)18(16,17)12(4,5)6/h8-9,14H,1-6H3/b10-8-,15-9-. The summed E-state index contributed by atoms with van der Waals surface area (Å²) in [6.45, 7) is 10.5. The maximum absolute atomic E-state index is 12.0. The number of hydrogen-bond acceptors (Lipinski definition) is 5. The van der Waals surface area contributed by atoms with E-state index >= 15 is 0 Å². The van der Waals surface area contributed by atoms with Crippen molar-refractivity contribution in [2.75, 3.05) is 0 Å². The van der Waals surface area contributed by atoms with Gasteiger partial charge in [-0.1, -0.05) is 20.8 Å². The summed E-state index contributed by atoms with van der Waals surface area (Å²) < 4.78 is 23.0. The molecular formula is C12H21N3O2S. The highest BCUT2D eigenvalue weighted by atomic mass is 32.2. The minimum absolute atomic E-state index is 0.115. The van der Waals surface area contributed by atoms with E-state index < -0.39 is 14.6 Å². The van der Waals surface area contributed by atoms with Crippen molar-refractivity contribution in [3.05, 3.63) is 11.1 Å². The molecule has 0 amide bonds. The van der Waals surface area contributed by atoms with E-state index in [2.05, 4.69) is 10.5 Å². The molecule has 0 unspecified atom stereocenters. The first-order valence-electron chi connectivity index (χ1n) is 5.56. The van der Waals surface area contributed by atoms with E-state index in [1.807, 2.05) is 20.8 Å². The molecule has 0 saturated carbocycles. The number of nitrogens with one attached hydrogen (secondary N) is 1. The SMILES string of the molecule is CC(C)(C)/C=N\N/C=C(/C#N)S(=O)(=O)C(C)(C)C. The molecule has 0 aliphatic carbocycles. The molecule has 0 saturated heterocycles. The van der Waals surface area contributed by atoms with Crippen LogP contribution in [0.25, 0.3) is 0 Å². The summed E-state index contributed by atoms with van der Waals surface area (Å²) in [7, 11) is -3.64. The average Bonchev–Trinajstić information content (AvgIpc) is 2.13. The van der Waals surface area contributed by atoms with Gasteiger partial charge in [0.2, 0.25) is 0 Å². The number of rotatable bonds is 3. The zero-order chi connectivity index (χ0) is 14.6. The predicted molar refractivity (Wildman–Crippen MR) is 73.5 cm³/mol. The Morgan fingerprint density at radius 2 is 1.72 bits per heavy atom. The van der Waals surface area contributed by atoms with Gasteiger partial charge in [0.15, 0.2) is 14.7 Å². The normalized spacial score (nSPS) is 14.6. The third-order valence-electron chi connectivity index (χ3n) is 1.93. The van der Waals surface area contributed by atoms with Crippen LogP contribution in [0.1, 0.15) is 41.5 Å². The van der Waals surface area contributed by atoms with Crippen LogP contribution in [0.15, 0.2) is 16.2 Å². The average molecular weight is 271 g/mol. The Bertz CT molecular complexity index is 483. The minimum atomic E-state index is -3.64. The maximum Gasteiger partial charge on any atom is 0.194 e. The van der Waals surface area contributed by atoms with Gasteiger partial charge in [-0.05, 0) is 26.2 Å². The van der Waals surface area contributed by atoms with Gasteiger partial charge in [0.05, 0.1) is 4.75 Å². The lowest BCUT2D eigenvalue weighted by atomic mass is 9.99. The van der Waals surface area contributed by atoms with E-state index in [0.717, 1.165) is 6.20 Å². The van der Waals surface area contributed by atoms with Crippen LogP contribution >= 0.6 is 0 Å². The van der Waals surface area contributed by atoms with Crippen LogP contribution in [0.2, 0.25) is 0 Å². The van der Waals surface area contributed by atoms with Crippen molar-refractivity contribution >= 4 is 16.1 Å². The van der Waals surface area contributed by atoms with Crippen LogP contribution in [0, 0.1) is 16.7 Å². The molecule has 0 atom stereocenters. The van der Waals surface area contributed by atoms with Gasteiger partial charge >= 0.3 is 0 Å². The summed E-state index contributed by atoms with van der Waals surface area (Å²) in [5, 5.41) is 12.8. The van der Waals surface area contributed by atoms with Crippen LogP contribution in [0.5, 0.6) is 0 Å². The Hall–Kier alpha value is -1.35. The third-order valence-corrected chi connectivity index (χ3v) is 4.33. The van der Waals surface area contributed by atoms with Gasteiger partial charge in [-0.2, -0.15) is 10.4 Å². The van der Waals surface area contributed by atoms with Crippen LogP contribution in [0.3, 0.4) is 0 Å². The fraction of sp³-hybridized carbons (Fsp3) is 0.667. The first-order valence-corrected chi connectivity index (χ1v) is 7.05. The summed E-state index contributed by atoms with van der Waals surface area (Å²) in [6.07, 6.45) is 2.75. The topological polar surface area (TPSA) is 82.3 Å². The van der Waals surface area contributed by atoms with Crippen LogP contribution in [-0.2, 0) is 9.84 Å². The Morgan fingerprint density at radius 3 is 2.06 bits per heavy atom. The Morgan fingerprint density at radius 1 is 1.22 bits per heavy atom. The van der Waals surface area contributed by atoms with E-state index in [9.17, 15) is 8.42 Å². The van der Waals surface area contributed by atoms with Gasteiger partial charge in [0.1, 0.15) is 6.07 Å². The lowest BCUT2D eigenvalue weighted by Crippen LogP contribution is -2.29. The molecule has 1 N–H and O–H groups in total. The second-order valence-corrected chi connectivity index (χ2v) is 8.66. The summed E-state index contributed by atoms with van der Waals surface area (Å²) in [5.41, 5.74) is 2.36. The zero-order valence-corrected chi connectivity index (χ0v) is 12.6. The maximum atomic E-state index is 12.0. The molecule has 0 aromatic carbocycles. The van der Waals surface area contributed by atoms with Crippen molar-refractivity contribution in [1.29, 1.82) is 5.26 Å². The van der Waals surface area contributed by atoms with Crippen molar-refractivity contribution < 1.29 is 8.42 Å². The quantitative estimate of drug-likeness (QED) is 0.484. The minimum Gasteiger partial charge on any atom is -0.284 e. The molecule has 0 heterocycles. The molecule has 0 aliphatic heterocycles. The third kappa shape index (κ3) is 4.88. The lowest BCUT2D eigenvalue weighted by molar-refractivity contribution is 0.568. The van der Waals surface area contributed by atoms with Crippen molar-refractivity contribution in [3.63, 3.8) is 0 Å².